The molecular formula is C26H50O4. The number of carbonyl (C=O) groups is 2. The van der Waals surface area contributed by atoms with Gasteiger partial charge in [0.2, 0.25) is 0 Å². The van der Waals surface area contributed by atoms with Crippen molar-refractivity contribution in [3.05, 3.63) is 0 Å². The van der Waals surface area contributed by atoms with Crippen molar-refractivity contribution in [1.29, 1.82) is 0 Å². The minimum Gasteiger partial charge on any atom is -0.466 e. The maximum Gasteiger partial charge on any atom is 0.305 e. The van der Waals surface area contributed by atoms with Gasteiger partial charge in [-0.15, -0.1) is 0 Å². The summed E-state index contributed by atoms with van der Waals surface area (Å²) in [7, 11) is 0. The largest absolute Gasteiger partial charge is 0.466 e. The number of hydrogen-bond donors (Lipinski definition) is 0. The molecule has 0 radical (unpaired) electrons. The van der Waals surface area contributed by atoms with Gasteiger partial charge in [-0.2, -0.15) is 0 Å². The molecule has 0 aliphatic rings. The molecule has 0 heterocycles. The van der Waals surface area contributed by atoms with Crippen LogP contribution in [0.1, 0.15) is 136 Å². The fourth-order valence-corrected chi connectivity index (χ4v) is 3.41. The summed E-state index contributed by atoms with van der Waals surface area (Å²) in [5.41, 5.74) is 0. The second kappa shape index (κ2) is 22.6. The Morgan fingerprint density at radius 3 is 1.40 bits per heavy atom. The van der Waals surface area contributed by atoms with Gasteiger partial charge in [0, 0.05) is 12.8 Å². The number of unbranched alkanes of at least 4 members (excludes halogenated alkanes) is 13. The Labute approximate surface area is 186 Å². The van der Waals surface area contributed by atoms with Crippen LogP contribution in [0.25, 0.3) is 0 Å². The van der Waals surface area contributed by atoms with Crippen LogP contribution in [0.5, 0.6) is 0 Å². The van der Waals surface area contributed by atoms with E-state index in [4.69, 9.17) is 9.47 Å². The number of esters is 2. The lowest BCUT2D eigenvalue weighted by atomic mass is 10.0. The lowest BCUT2D eigenvalue weighted by molar-refractivity contribution is -0.145. The molecule has 0 fully saturated rings. The minimum atomic E-state index is -0.213. The van der Waals surface area contributed by atoms with Gasteiger partial charge in [0.05, 0.1) is 13.2 Å². The van der Waals surface area contributed by atoms with Crippen LogP contribution in [-0.2, 0) is 19.1 Å². The molecule has 4 nitrogen and oxygen atoms in total. The van der Waals surface area contributed by atoms with Gasteiger partial charge in [-0.05, 0) is 25.2 Å². The molecule has 0 aromatic carbocycles. The van der Waals surface area contributed by atoms with E-state index in [1.165, 1.54) is 77.0 Å². The van der Waals surface area contributed by atoms with Gasteiger partial charge in [-0.1, -0.05) is 104 Å². The highest BCUT2D eigenvalue weighted by Gasteiger charge is 2.07. The molecule has 178 valence electrons. The summed E-state index contributed by atoms with van der Waals surface area (Å²) in [5.74, 6) is 0.123. The Balaban J connectivity index is 3.25. The van der Waals surface area contributed by atoms with E-state index in [-0.39, 0.29) is 11.9 Å². The molecule has 0 saturated heterocycles. The third-order valence-electron chi connectivity index (χ3n) is 5.48. The van der Waals surface area contributed by atoms with Crippen LogP contribution >= 0.6 is 0 Å². The standard InChI is InChI=1S/C26H50O4/c1-4-5-6-7-8-9-10-11-12-13-14-15-16-17-22-29-25(27)19-18-20-26(28)30-23-21-24(2)3/h24H,4-23H2,1-3H3. The predicted octanol–water partition coefficient (Wildman–Crippen LogP) is 7.77. The van der Waals surface area contributed by atoms with E-state index in [1.54, 1.807) is 0 Å². The second-order valence-corrected chi connectivity index (χ2v) is 9.07. The lowest BCUT2D eigenvalue weighted by Gasteiger charge is -2.07. The number of hydrogen-bond acceptors (Lipinski definition) is 4. The van der Waals surface area contributed by atoms with Crippen molar-refractivity contribution in [2.45, 2.75) is 136 Å². The van der Waals surface area contributed by atoms with Crippen LogP contribution in [0.15, 0.2) is 0 Å². The van der Waals surface area contributed by atoms with E-state index >= 15 is 0 Å². The highest BCUT2D eigenvalue weighted by Crippen LogP contribution is 2.13. The smallest absolute Gasteiger partial charge is 0.305 e. The van der Waals surface area contributed by atoms with Crippen LogP contribution in [0.2, 0.25) is 0 Å². The molecule has 0 unspecified atom stereocenters. The van der Waals surface area contributed by atoms with Crippen molar-refractivity contribution in [2.24, 2.45) is 5.92 Å². The van der Waals surface area contributed by atoms with Gasteiger partial charge in [0.1, 0.15) is 0 Å². The number of rotatable bonds is 22. The number of carbonyl (C=O) groups excluding carboxylic acids is 2. The van der Waals surface area contributed by atoms with E-state index in [2.05, 4.69) is 20.8 Å². The topological polar surface area (TPSA) is 52.6 Å². The molecule has 0 aromatic rings. The Hall–Kier alpha value is -1.06. The minimum absolute atomic E-state index is 0.195. The van der Waals surface area contributed by atoms with E-state index in [0.717, 1.165) is 19.3 Å². The molecule has 0 aliphatic heterocycles. The van der Waals surface area contributed by atoms with Gasteiger partial charge in [-0.3, -0.25) is 9.59 Å². The summed E-state index contributed by atoms with van der Waals surface area (Å²) >= 11 is 0. The third-order valence-corrected chi connectivity index (χ3v) is 5.48. The van der Waals surface area contributed by atoms with Crippen LogP contribution < -0.4 is 0 Å². The first-order valence-corrected chi connectivity index (χ1v) is 12.9. The van der Waals surface area contributed by atoms with Crippen LogP contribution in [0.3, 0.4) is 0 Å². The highest BCUT2D eigenvalue weighted by atomic mass is 16.5. The molecule has 0 saturated carbocycles. The first kappa shape index (κ1) is 28.9. The maximum atomic E-state index is 11.7. The van der Waals surface area contributed by atoms with E-state index in [0.29, 0.717) is 38.4 Å². The zero-order chi connectivity index (χ0) is 22.3. The molecule has 0 atom stereocenters. The van der Waals surface area contributed by atoms with Gasteiger partial charge in [-0.25, -0.2) is 0 Å². The molecule has 30 heavy (non-hydrogen) atoms. The summed E-state index contributed by atoms with van der Waals surface area (Å²) < 4.78 is 10.4. The summed E-state index contributed by atoms with van der Waals surface area (Å²) in [5, 5.41) is 0. The van der Waals surface area contributed by atoms with Gasteiger partial charge < -0.3 is 9.47 Å². The van der Waals surface area contributed by atoms with Gasteiger partial charge >= 0.3 is 11.9 Å². The van der Waals surface area contributed by atoms with Crippen molar-refractivity contribution >= 4 is 11.9 Å². The molecule has 0 aliphatic carbocycles. The highest BCUT2D eigenvalue weighted by molar-refractivity contribution is 5.72. The molecule has 4 heteroatoms. The molecular weight excluding hydrogens is 376 g/mol. The molecule has 0 aromatic heterocycles. The molecule has 0 rings (SSSR count). The fraction of sp³-hybridized carbons (Fsp3) is 0.923. The Bertz CT molecular complexity index is 392. The van der Waals surface area contributed by atoms with E-state index in [9.17, 15) is 9.59 Å². The summed E-state index contributed by atoms with van der Waals surface area (Å²) in [6.07, 6.45) is 20.5. The Morgan fingerprint density at radius 2 is 0.967 bits per heavy atom. The Morgan fingerprint density at radius 1 is 0.567 bits per heavy atom. The first-order chi connectivity index (χ1) is 14.6. The predicted molar refractivity (Wildman–Crippen MR) is 126 cm³/mol. The van der Waals surface area contributed by atoms with E-state index in [1.807, 2.05) is 0 Å². The summed E-state index contributed by atoms with van der Waals surface area (Å²) in [4.78, 5) is 23.2. The summed E-state index contributed by atoms with van der Waals surface area (Å²) in [6, 6.07) is 0. The average molecular weight is 427 g/mol. The SMILES string of the molecule is CCCCCCCCCCCCCCCCOC(=O)CCCC(=O)OCCC(C)C. The van der Waals surface area contributed by atoms with E-state index < -0.39 is 0 Å². The molecule has 0 spiro atoms. The quantitative estimate of drug-likeness (QED) is 0.131. The monoisotopic (exact) mass is 426 g/mol. The average Bonchev–Trinajstić information content (AvgIpc) is 2.70. The molecule has 0 N–H and O–H groups in total. The normalized spacial score (nSPS) is 11.1. The lowest BCUT2D eigenvalue weighted by Crippen LogP contribution is -2.10. The maximum absolute atomic E-state index is 11.7. The Kier molecular flexibility index (Phi) is 21.8. The van der Waals surface area contributed by atoms with Gasteiger partial charge in [0.15, 0.2) is 0 Å². The second-order valence-electron chi connectivity index (χ2n) is 9.07. The van der Waals surface area contributed by atoms with Crippen molar-refractivity contribution in [3.8, 4) is 0 Å². The first-order valence-electron chi connectivity index (χ1n) is 12.9. The zero-order valence-electron chi connectivity index (χ0n) is 20.4. The molecule has 0 bridgehead atoms. The zero-order valence-corrected chi connectivity index (χ0v) is 20.4. The molecule has 0 amide bonds. The van der Waals surface area contributed by atoms with Crippen molar-refractivity contribution in [1.82, 2.24) is 0 Å². The third kappa shape index (κ3) is 23.2. The van der Waals surface area contributed by atoms with Crippen LogP contribution in [0.4, 0.5) is 0 Å². The summed E-state index contributed by atoms with van der Waals surface area (Å²) in [6.45, 7) is 7.45. The van der Waals surface area contributed by atoms with Crippen molar-refractivity contribution in [3.63, 3.8) is 0 Å². The fourth-order valence-electron chi connectivity index (χ4n) is 3.41. The number of ether oxygens (including phenoxy) is 2. The van der Waals surface area contributed by atoms with Crippen molar-refractivity contribution in [2.75, 3.05) is 13.2 Å². The van der Waals surface area contributed by atoms with Crippen LogP contribution in [-0.4, -0.2) is 25.2 Å². The van der Waals surface area contributed by atoms with Crippen LogP contribution in [0, 0.1) is 5.92 Å². The van der Waals surface area contributed by atoms with Gasteiger partial charge in [0.25, 0.3) is 0 Å². The van der Waals surface area contributed by atoms with Crippen molar-refractivity contribution < 1.29 is 19.1 Å².